The van der Waals surface area contributed by atoms with Crippen LogP contribution < -0.4 is 10.6 Å². The number of aryl methyl sites for hydroxylation is 1. The molecule has 3 heterocycles. The van der Waals surface area contributed by atoms with E-state index < -0.39 is 0 Å². The molecule has 1 aliphatic rings. The zero-order chi connectivity index (χ0) is 31.1. The van der Waals surface area contributed by atoms with Crippen molar-refractivity contribution >= 4 is 34.8 Å². The van der Waals surface area contributed by atoms with Crippen molar-refractivity contribution in [2.45, 2.75) is 32.5 Å². The number of likely N-dealkylation sites (N-methyl/N-ethyl adjacent to an activating group) is 1. The number of methoxy groups -OCH3 is 1. The molecule has 0 bridgehead atoms. The third kappa shape index (κ3) is 8.21. The summed E-state index contributed by atoms with van der Waals surface area (Å²) in [6, 6.07) is 11.8. The smallest absolute Gasteiger partial charge is 0.255 e. The highest BCUT2D eigenvalue weighted by Crippen LogP contribution is 2.25. The first-order valence-electron chi connectivity index (χ1n) is 14.5. The lowest BCUT2D eigenvalue weighted by Crippen LogP contribution is -2.31. The molecule has 1 atom stereocenters. The summed E-state index contributed by atoms with van der Waals surface area (Å²) >= 11 is 6.62. The second-order valence-electron chi connectivity index (χ2n) is 11.1. The normalized spacial score (nSPS) is 14.8. The number of carbonyl (C=O) groups excluding carboxylic acids is 1. The van der Waals surface area contributed by atoms with Crippen molar-refractivity contribution in [1.29, 1.82) is 0 Å². The molecule has 2 aromatic heterocycles. The Kier molecular flexibility index (Phi) is 10.2. The summed E-state index contributed by atoms with van der Waals surface area (Å²) in [6.45, 7) is 6.07. The molecular formula is C33H37ClN8O2. The molecule has 0 radical (unpaired) electrons. The van der Waals surface area contributed by atoms with Crippen LogP contribution >= 0.6 is 11.6 Å². The van der Waals surface area contributed by atoms with Crippen molar-refractivity contribution in [1.82, 2.24) is 29.5 Å². The van der Waals surface area contributed by atoms with E-state index in [-0.39, 0.29) is 5.91 Å². The fourth-order valence-corrected chi connectivity index (χ4v) is 5.17. The Morgan fingerprint density at radius 3 is 2.66 bits per heavy atom. The van der Waals surface area contributed by atoms with Crippen molar-refractivity contribution in [2.24, 2.45) is 0 Å². The number of likely N-dealkylation sites (tertiary alicyclic amines) is 1. The van der Waals surface area contributed by atoms with Crippen molar-refractivity contribution in [2.75, 3.05) is 51.5 Å². The first-order valence-corrected chi connectivity index (χ1v) is 14.9. The van der Waals surface area contributed by atoms with Crippen LogP contribution in [0, 0.1) is 18.8 Å². The summed E-state index contributed by atoms with van der Waals surface area (Å²) < 4.78 is 6.86. The van der Waals surface area contributed by atoms with Gasteiger partial charge in [0.05, 0.1) is 30.6 Å². The molecule has 1 saturated heterocycles. The van der Waals surface area contributed by atoms with E-state index in [1.165, 1.54) is 0 Å². The molecule has 1 aliphatic heterocycles. The highest BCUT2D eigenvalue weighted by atomic mass is 35.5. The summed E-state index contributed by atoms with van der Waals surface area (Å²) in [6.07, 6.45) is 8.03. The summed E-state index contributed by atoms with van der Waals surface area (Å²) in [5, 5.41) is 11.0. The lowest BCUT2D eigenvalue weighted by atomic mass is 10.0. The first-order chi connectivity index (χ1) is 21.3. The monoisotopic (exact) mass is 612 g/mol. The van der Waals surface area contributed by atoms with Crippen LogP contribution in [0.3, 0.4) is 0 Å². The van der Waals surface area contributed by atoms with Crippen molar-refractivity contribution in [3.8, 4) is 11.8 Å². The number of nitrogens with zero attached hydrogens (tertiary/aromatic N) is 6. The minimum absolute atomic E-state index is 0.227. The molecule has 1 fully saturated rings. The Balaban J connectivity index is 1.19. The molecule has 2 aromatic carbocycles. The average Bonchev–Trinajstić information content (AvgIpc) is 3.67. The van der Waals surface area contributed by atoms with E-state index >= 15 is 0 Å². The fraction of sp³-hybridized carbons (Fsp3) is 0.333. The lowest BCUT2D eigenvalue weighted by molar-refractivity contribution is 0.102. The number of rotatable bonds is 10. The summed E-state index contributed by atoms with van der Waals surface area (Å²) in [5.41, 5.74) is 5.36. The Morgan fingerprint density at radius 2 is 1.93 bits per heavy atom. The van der Waals surface area contributed by atoms with Crippen LogP contribution in [-0.2, 0) is 17.8 Å². The third-order valence-electron chi connectivity index (χ3n) is 7.59. The molecule has 0 saturated carbocycles. The molecule has 0 aliphatic carbocycles. The highest BCUT2D eigenvalue weighted by molar-refractivity contribution is 6.31. The zero-order valence-corrected chi connectivity index (χ0v) is 26.2. The molecule has 228 valence electrons. The topological polar surface area (TPSA) is 100 Å². The molecule has 1 amide bonds. The van der Waals surface area contributed by atoms with Crippen LogP contribution in [0.4, 0.5) is 17.3 Å². The Hall–Kier alpha value is -4.27. The molecule has 0 spiro atoms. The maximum atomic E-state index is 13.1. The molecule has 1 unspecified atom stereocenters. The minimum atomic E-state index is -0.227. The average molecular weight is 613 g/mol. The Labute approximate surface area is 263 Å². The predicted octanol–water partition coefficient (Wildman–Crippen LogP) is 4.81. The first kappa shape index (κ1) is 31.2. The van der Waals surface area contributed by atoms with E-state index in [2.05, 4.69) is 61.4 Å². The van der Waals surface area contributed by atoms with Gasteiger partial charge in [0.15, 0.2) is 0 Å². The third-order valence-corrected chi connectivity index (χ3v) is 7.94. The van der Waals surface area contributed by atoms with Gasteiger partial charge in [0.2, 0.25) is 5.95 Å². The maximum absolute atomic E-state index is 13.1. The van der Waals surface area contributed by atoms with E-state index in [9.17, 15) is 4.79 Å². The lowest BCUT2D eigenvalue weighted by Gasteiger charge is -2.21. The largest absolute Gasteiger partial charge is 0.383 e. The molecule has 11 heteroatoms. The van der Waals surface area contributed by atoms with Gasteiger partial charge in [-0.15, -0.1) is 0 Å². The number of carbonyl (C=O) groups is 1. The summed E-state index contributed by atoms with van der Waals surface area (Å²) in [7, 11) is 5.90. The van der Waals surface area contributed by atoms with Gasteiger partial charge in [-0.3, -0.25) is 14.4 Å². The molecular weight excluding hydrogens is 576 g/mol. The number of amides is 1. The number of anilines is 3. The number of halogens is 1. The van der Waals surface area contributed by atoms with Crippen LogP contribution in [0.5, 0.6) is 0 Å². The van der Waals surface area contributed by atoms with E-state index in [0.717, 1.165) is 48.4 Å². The summed E-state index contributed by atoms with van der Waals surface area (Å²) in [4.78, 5) is 26.5. The van der Waals surface area contributed by atoms with Crippen LogP contribution in [0.2, 0.25) is 5.02 Å². The molecule has 2 N–H and O–H groups in total. The second-order valence-corrected chi connectivity index (χ2v) is 11.5. The number of ether oxygens (including phenoxy) is 1. The van der Waals surface area contributed by atoms with Gasteiger partial charge in [-0.2, -0.15) is 5.10 Å². The second kappa shape index (κ2) is 14.5. The standard InChI is InChI=1S/C33H37ClN8O2/c1-23-5-7-26(32(43)38-28-10-9-27(31(34)16-28)20-41-12-11-30(22-41)40(2)3)15-25(23)8-6-24-17-35-33(36-18-24)39-29-19-37-42(21-29)13-14-44-4/h5,7,9-10,15-19,21,30H,11-14,20,22H2,1-4H3,(H,38,43)(H,35,36,39). The van der Waals surface area contributed by atoms with Crippen LogP contribution in [0.1, 0.15) is 39.0 Å². The van der Waals surface area contributed by atoms with Gasteiger partial charge in [0.1, 0.15) is 0 Å². The van der Waals surface area contributed by atoms with Gasteiger partial charge in [0, 0.05) is 73.2 Å². The quantitative estimate of drug-likeness (QED) is 0.246. The number of nitrogens with one attached hydrogen (secondary N) is 2. The van der Waals surface area contributed by atoms with Gasteiger partial charge in [-0.1, -0.05) is 35.6 Å². The van der Waals surface area contributed by atoms with Crippen LogP contribution in [0.15, 0.2) is 61.2 Å². The Morgan fingerprint density at radius 1 is 1.11 bits per heavy atom. The van der Waals surface area contributed by atoms with Gasteiger partial charge >= 0.3 is 0 Å². The Bertz CT molecular complexity index is 1660. The van der Waals surface area contributed by atoms with E-state index in [0.29, 0.717) is 47.0 Å². The van der Waals surface area contributed by atoms with Crippen LogP contribution in [-0.4, -0.2) is 82.4 Å². The minimum Gasteiger partial charge on any atom is -0.383 e. The molecule has 5 rings (SSSR count). The number of hydrogen-bond acceptors (Lipinski definition) is 8. The highest BCUT2D eigenvalue weighted by Gasteiger charge is 2.24. The SMILES string of the molecule is COCCn1cc(Nc2ncc(C#Cc3cc(C(=O)Nc4ccc(CN5CCC(N(C)C)C5)c(Cl)c4)ccc3C)cn2)cn1. The van der Waals surface area contributed by atoms with E-state index in [1.807, 2.05) is 37.4 Å². The van der Waals surface area contributed by atoms with Gasteiger partial charge in [-0.25, -0.2) is 9.97 Å². The van der Waals surface area contributed by atoms with Gasteiger partial charge in [-0.05, 0) is 62.8 Å². The van der Waals surface area contributed by atoms with Gasteiger partial charge in [0.25, 0.3) is 5.91 Å². The van der Waals surface area contributed by atoms with Crippen molar-refractivity contribution in [3.05, 3.63) is 94.0 Å². The number of benzene rings is 2. The van der Waals surface area contributed by atoms with Gasteiger partial charge < -0.3 is 20.3 Å². The zero-order valence-electron chi connectivity index (χ0n) is 25.5. The maximum Gasteiger partial charge on any atom is 0.255 e. The van der Waals surface area contributed by atoms with E-state index in [1.54, 1.807) is 42.5 Å². The molecule has 44 heavy (non-hydrogen) atoms. The van der Waals surface area contributed by atoms with Crippen LogP contribution in [0.25, 0.3) is 0 Å². The molecule has 4 aromatic rings. The van der Waals surface area contributed by atoms with Crippen molar-refractivity contribution in [3.63, 3.8) is 0 Å². The van der Waals surface area contributed by atoms with E-state index in [4.69, 9.17) is 16.3 Å². The summed E-state index contributed by atoms with van der Waals surface area (Å²) in [5.74, 6) is 6.47. The number of hydrogen-bond donors (Lipinski definition) is 2. The predicted molar refractivity (Wildman–Crippen MR) is 173 cm³/mol. The van der Waals surface area contributed by atoms with Crippen molar-refractivity contribution < 1.29 is 9.53 Å². The number of aromatic nitrogens is 4. The molecule has 10 nitrogen and oxygen atoms in total. The fourth-order valence-electron chi connectivity index (χ4n) is 4.93.